The third-order valence-electron chi connectivity index (χ3n) is 0. The molecule has 128 valence electrons. The largest absolute Gasteiger partial charge is 1.00 e. The maximum atomic E-state index is 8.52. The molecule has 0 aromatic heterocycles. The van der Waals surface area contributed by atoms with Crippen LogP contribution in [0.15, 0.2) is 0 Å². The Hall–Kier alpha value is 12.0. The van der Waals surface area contributed by atoms with Gasteiger partial charge >= 0.3 is 405 Å². The second-order valence-corrected chi connectivity index (χ2v) is 2.95. The minimum Gasteiger partial charge on any atom is -1.00 e. The van der Waals surface area contributed by atoms with Gasteiger partial charge in [0.25, 0.3) is 0 Å². The van der Waals surface area contributed by atoms with Gasteiger partial charge in [0.2, 0.25) is 0 Å². The van der Waals surface area contributed by atoms with Crippen molar-refractivity contribution in [2.24, 2.45) is 0 Å². The maximum absolute atomic E-state index is 8.52. The third-order valence-corrected chi connectivity index (χ3v) is 0. The van der Waals surface area contributed by atoms with E-state index in [1.54, 1.807) is 0 Å². The molecule has 0 atom stereocenters. The van der Waals surface area contributed by atoms with Crippen molar-refractivity contribution >= 4 is 33.1 Å². The molecule has 0 rings (SSSR count). The van der Waals surface area contributed by atoms with Gasteiger partial charge in [-0.3, -0.25) is 16.8 Å². The van der Waals surface area contributed by atoms with Gasteiger partial charge in [0.1, 0.15) is 0 Å². The molecule has 0 aliphatic carbocycles. The summed E-state index contributed by atoms with van der Waals surface area (Å²) >= 11 is 0. The first-order valence-electron chi connectivity index (χ1n) is 2.56. The SMILES string of the molecule is O=C([O-])[O-].O=C([O-])[O-].O=S(=O)([O-])[O-].O=S(=O)([O-])[O-].[Cl-].[Cl-].[K+].[K+].[K+].[K+].[K+].[Na+].[Na+].[Na+].[Na+].[Na+]. The molecule has 0 unspecified atom stereocenters. The summed E-state index contributed by atoms with van der Waals surface area (Å²) in [4.78, 5) is 16.7. The summed E-state index contributed by atoms with van der Waals surface area (Å²) in [5.41, 5.74) is 0. The molecule has 0 bridgehead atoms. The van der Waals surface area contributed by atoms with E-state index in [1.165, 1.54) is 0 Å². The van der Waals surface area contributed by atoms with Crippen LogP contribution in [0.2, 0.25) is 0 Å². The van der Waals surface area contributed by atoms with Crippen LogP contribution in [0.4, 0.5) is 9.59 Å². The van der Waals surface area contributed by atoms with E-state index in [1.807, 2.05) is 0 Å². The molecule has 0 radical (unpaired) electrons. The van der Waals surface area contributed by atoms with Gasteiger partial charge in [-0.25, -0.2) is 0 Å². The van der Waals surface area contributed by atoms with Crippen LogP contribution in [0, 0.1) is 0 Å². The zero-order chi connectivity index (χ0) is 16.2. The van der Waals surface area contributed by atoms with Crippen LogP contribution in [0.5, 0.6) is 0 Å². The van der Waals surface area contributed by atoms with Gasteiger partial charge in [0.15, 0.2) is 0 Å². The second-order valence-electron chi connectivity index (χ2n) is 1.32. The van der Waals surface area contributed by atoms with Crippen molar-refractivity contribution in [2.45, 2.75) is 0 Å². The number of carboxylic acid groups (broad SMARTS) is 4. The Morgan fingerprint density at radius 1 is 0.433 bits per heavy atom. The molecule has 30 heavy (non-hydrogen) atoms. The fourth-order valence-corrected chi connectivity index (χ4v) is 0. The van der Waals surface area contributed by atoms with Crippen LogP contribution in [0.3, 0.4) is 0 Å². The van der Waals surface area contributed by atoms with E-state index in [4.69, 9.17) is 65.1 Å². The molecular formula is C2Cl2K5Na5O14S2. The summed E-state index contributed by atoms with van der Waals surface area (Å²) in [7, 11) is -10.3. The Kier molecular flexibility index (Phi) is 254. The number of hydrogen-bond acceptors (Lipinski definition) is 14. The Morgan fingerprint density at radius 2 is 0.433 bits per heavy atom. The second kappa shape index (κ2) is 72.9. The predicted octanol–water partition coefficient (Wildman–Crippen LogP) is -43.5. The Balaban J connectivity index is -0.00000000551. The van der Waals surface area contributed by atoms with Gasteiger partial charge in [-0.15, -0.1) is 0 Å². The first kappa shape index (κ1) is 104. The molecule has 0 spiro atoms. The van der Waals surface area contributed by atoms with Gasteiger partial charge < -0.3 is 73.0 Å². The summed E-state index contributed by atoms with van der Waals surface area (Å²) in [6.07, 6.45) is -4.67. The molecule has 0 amide bonds. The number of halogens is 2. The van der Waals surface area contributed by atoms with Crippen molar-refractivity contribution in [1.29, 1.82) is 0 Å². The summed E-state index contributed by atoms with van der Waals surface area (Å²) in [5, 5.41) is 33.3. The topological polar surface area (TPSA) is 287 Å². The number of carbonyl (C=O) groups is 2. The van der Waals surface area contributed by atoms with Crippen molar-refractivity contribution in [1.82, 2.24) is 0 Å². The summed E-state index contributed by atoms with van der Waals surface area (Å²) in [6.45, 7) is 0. The summed E-state index contributed by atoms with van der Waals surface area (Å²) < 4.78 is 68.2. The molecule has 28 heteroatoms. The molecule has 14 nitrogen and oxygen atoms in total. The van der Waals surface area contributed by atoms with Gasteiger partial charge in [-0.05, 0) is 12.3 Å². The van der Waals surface area contributed by atoms with E-state index >= 15 is 0 Å². The standard InChI is InChI=1S/2CH2O3.2ClH.5K.5Na.2H2O4S/c2*2-1(3)4;;;;;;;;;;;;;2*1-5(2,3)4/h2*(H2,2,3,4);2*1H;;;;;;;;;;;2*(H2,1,2,3,4)/q;;;;10*+1;;/p-10. The molecule has 0 aliphatic heterocycles. The first-order valence-corrected chi connectivity index (χ1v) is 5.22. The van der Waals surface area contributed by atoms with E-state index in [2.05, 4.69) is 0 Å². The van der Waals surface area contributed by atoms with E-state index in [9.17, 15) is 0 Å². The quantitative estimate of drug-likeness (QED) is 0.129. The van der Waals surface area contributed by atoms with Crippen molar-refractivity contribution in [3.05, 3.63) is 0 Å². The minimum atomic E-state index is -5.17. The average Bonchev–Trinajstić information content (AvgIpc) is 1.70. The normalized spacial score (nSPS) is 5.47. The van der Waals surface area contributed by atoms with Gasteiger partial charge in [0.05, 0.1) is 0 Å². The summed E-state index contributed by atoms with van der Waals surface area (Å²) in [6, 6.07) is 0. The average molecular weight is 693 g/mol. The van der Waals surface area contributed by atoms with E-state index in [0.717, 1.165) is 0 Å². The molecule has 0 heterocycles. The Bertz CT molecular complexity index is 392. The van der Waals surface area contributed by atoms with Crippen molar-refractivity contribution in [3.8, 4) is 0 Å². The van der Waals surface area contributed by atoms with E-state index in [-0.39, 0.29) is 430 Å². The predicted molar refractivity (Wildman–Crippen MR) is 31.7 cm³/mol. The number of hydrogen-bond donors (Lipinski definition) is 0. The molecule has 0 aliphatic rings. The molecule has 0 N–H and O–H groups in total. The fraction of sp³-hybridized carbons (Fsp3) is 0. The maximum Gasteiger partial charge on any atom is 1.00 e. The van der Waals surface area contributed by atoms with E-state index < -0.39 is 33.1 Å². The van der Waals surface area contributed by atoms with E-state index in [0.29, 0.717) is 0 Å². The van der Waals surface area contributed by atoms with Gasteiger partial charge in [-0.1, -0.05) is 0 Å². The third kappa shape index (κ3) is 421. The fourth-order valence-electron chi connectivity index (χ4n) is 0. The molecular weight excluding hydrogens is 693 g/mol. The smallest absolute Gasteiger partial charge is 1.00 e. The van der Waals surface area contributed by atoms with Crippen molar-refractivity contribution in [2.75, 3.05) is 0 Å². The zero-order valence-corrected chi connectivity index (χ0v) is 47.0. The number of rotatable bonds is 0. The molecule has 0 aromatic rings. The zero-order valence-electron chi connectivity index (χ0n) is 18.3. The minimum absolute atomic E-state index is 0. The number of carbonyl (C=O) groups excluding carboxylic acids is 2. The Labute approximate surface area is 510 Å². The molecule has 0 saturated heterocycles. The van der Waals surface area contributed by atoms with Crippen LogP contribution in [0.25, 0.3) is 0 Å². The van der Waals surface area contributed by atoms with Gasteiger partial charge in [-0.2, -0.15) is 0 Å². The summed E-state index contributed by atoms with van der Waals surface area (Å²) in [5.74, 6) is 0. The first-order chi connectivity index (χ1) is 7.46. The van der Waals surface area contributed by atoms with Crippen molar-refractivity contribution < 1.29 is 495 Å². The van der Waals surface area contributed by atoms with Crippen LogP contribution >= 0.6 is 0 Å². The van der Waals surface area contributed by atoms with Crippen LogP contribution in [0.1, 0.15) is 0 Å². The monoisotopic (exact) mass is 692 g/mol. The molecule has 0 saturated carbocycles. The Morgan fingerprint density at radius 3 is 0.433 bits per heavy atom. The van der Waals surface area contributed by atoms with Crippen LogP contribution in [-0.2, 0) is 20.8 Å². The molecule has 0 fully saturated rings. The van der Waals surface area contributed by atoms with Crippen molar-refractivity contribution in [3.63, 3.8) is 0 Å². The van der Waals surface area contributed by atoms with Crippen LogP contribution < -0.4 is 450 Å². The van der Waals surface area contributed by atoms with Gasteiger partial charge in [0, 0.05) is 20.8 Å². The van der Waals surface area contributed by atoms with Crippen LogP contribution in [-0.4, -0.2) is 47.4 Å². The molecule has 0 aromatic carbocycles.